The molecule has 0 saturated heterocycles. The van der Waals surface area contributed by atoms with Gasteiger partial charge in [0.05, 0.1) is 11.0 Å². The van der Waals surface area contributed by atoms with Crippen LogP contribution in [0.5, 0.6) is 5.75 Å². The van der Waals surface area contributed by atoms with Crippen LogP contribution in [0.4, 0.5) is 0 Å². The van der Waals surface area contributed by atoms with Gasteiger partial charge in [0.25, 0.3) is 6.20 Å². The Balaban J connectivity index is 1.76. The van der Waals surface area contributed by atoms with E-state index in [4.69, 9.17) is 0 Å². The second kappa shape index (κ2) is 12.6. The third-order valence-corrected chi connectivity index (χ3v) is 6.75. The van der Waals surface area contributed by atoms with Gasteiger partial charge in [-0.25, -0.2) is 0 Å². The van der Waals surface area contributed by atoms with Gasteiger partial charge in [-0.1, -0.05) is 12.1 Å². The highest BCUT2D eigenvalue weighted by atomic mass is 32.2. The average molecular weight is 467 g/mol. The zero-order valence-electron chi connectivity index (χ0n) is 18.0. The van der Waals surface area contributed by atoms with Crippen molar-refractivity contribution in [2.45, 2.75) is 25.3 Å². The molecule has 1 unspecified atom stereocenters. The summed E-state index contributed by atoms with van der Waals surface area (Å²) in [6.45, 7) is 3.74. The van der Waals surface area contributed by atoms with Crippen LogP contribution in [0.2, 0.25) is 0 Å². The number of benzene rings is 1. The van der Waals surface area contributed by atoms with E-state index < -0.39 is 11.0 Å². The van der Waals surface area contributed by atoms with Crippen LogP contribution in [-0.4, -0.2) is 53.0 Å². The highest BCUT2D eigenvalue weighted by Gasteiger charge is 2.10. The van der Waals surface area contributed by atoms with E-state index in [0.717, 1.165) is 24.3 Å². The molecule has 1 heterocycles. The highest BCUT2D eigenvalue weighted by molar-refractivity contribution is 7.98. The fraction of sp³-hybridized carbons (Fsp3) is 0.429. The summed E-state index contributed by atoms with van der Waals surface area (Å²) in [5.74, 6) is 2.06. The van der Waals surface area contributed by atoms with E-state index in [0.29, 0.717) is 12.1 Å². The number of phenolic OH excluding ortho intramolecular Hbond substituents is 1. The molecule has 0 saturated carbocycles. The van der Waals surface area contributed by atoms with Gasteiger partial charge < -0.3 is 25.7 Å². The molecule has 0 bridgehead atoms. The highest BCUT2D eigenvalue weighted by Crippen LogP contribution is 2.26. The molecule has 1 aromatic heterocycles. The molecular formula is C21H30N4O4S2. The molecule has 1 aromatic carbocycles. The molecule has 4 N–H and O–H groups in total. The maximum atomic E-state index is 10.9. The van der Waals surface area contributed by atoms with Crippen molar-refractivity contribution < 1.29 is 15.1 Å². The number of thioether (sulfide) groups is 1. The summed E-state index contributed by atoms with van der Waals surface area (Å²) in [7, 11) is 4.13. The molecule has 0 aliphatic rings. The first-order valence-corrected chi connectivity index (χ1v) is 11.8. The normalized spacial score (nSPS) is 12.7. The van der Waals surface area contributed by atoms with Gasteiger partial charge in [-0.3, -0.25) is 10.1 Å². The third kappa shape index (κ3) is 9.18. The van der Waals surface area contributed by atoms with Gasteiger partial charge in [-0.2, -0.15) is 11.8 Å². The molecule has 1 atom stereocenters. The van der Waals surface area contributed by atoms with Crippen molar-refractivity contribution in [3.8, 4) is 5.75 Å². The minimum absolute atomic E-state index is 0.105. The first kappa shape index (κ1) is 25.0. The number of phenols is 1. The van der Waals surface area contributed by atoms with Gasteiger partial charge in [0.15, 0.2) is 5.82 Å². The van der Waals surface area contributed by atoms with Gasteiger partial charge in [-0.15, -0.1) is 11.3 Å². The summed E-state index contributed by atoms with van der Waals surface area (Å²) < 4.78 is 0. The van der Waals surface area contributed by atoms with Crippen LogP contribution in [-0.2, 0) is 12.3 Å². The quantitative estimate of drug-likeness (QED) is 0.203. The van der Waals surface area contributed by atoms with Crippen LogP contribution in [0, 0.1) is 17.0 Å². The number of hydrogen-bond acceptors (Lipinski definition) is 9. The molecule has 2 aromatic rings. The number of aromatic hydroxyl groups is 1. The Kier molecular flexibility index (Phi) is 10.1. The van der Waals surface area contributed by atoms with E-state index in [1.807, 2.05) is 11.3 Å². The van der Waals surface area contributed by atoms with Crippen molar-refractivity contribution in [3.63, 3.8) is 0 Å². The summed E-state index contributed by atoms with van der Waals surface area (Å²) in [6, 6.07) is 8.42. The van der Waals surface area contributed by atoms with Crippen molar-refractivity contribution >= 4 is 23.1 Å². The summed E-state index contributed by atoms with van der Waals surface area (Å²) >= 11 is 3.60. The molecule has 31 heavy (non-hydrogen) atoms. The summed E-state index contributed by atoms with van der Waals surface area (Å²) in [5, 5.41) is 36.4. The number of rotatable bonds is 13. The van der Waals surface area contributed by atoms with Gasteiger partial charge in [-0.05, 0) is 50.3 Å². The van der Waals surface area contributed by atoms with Crippen molar-refractivity contribution in [1.29, 1.82) is 0 Å². The predicted molar refractivity (Wildman–Crippen MR) is 127 cm³/mol. The number of aliphatic hydroxyl groups excluding tert-OH is 1. The molecule has 170 valence electrons. The number of aryl methyl sites for hydroxylation is 1. The van der Waals surface area contributed by atoms with E-state index in [9.17, 15) is 20.3 Å². The Morgan fingerprint density at radius 2 is 2.03 bits per heavy atom. The second-order valence-electron chi connectivity index (χ2n) is 7.35. The number of hydrogen-bond donors (Lipinski definition) is 4. The maximum Gasteiger partial charge on any atom is 0.274 e. The molecule has 0 radical (unpaired) electrons. The van der Waals surface area contributed by atoms with Crippen LogP contribution < -0.4 is 10.6 Å². The Morgan fingerprint density at radius 1 is 1.32 bits per heavy atom. The third-order valence-electron chi connectivity index (χ3n) is 4.34. The van der Waals surface area contributed by atoms with Crippen molar-refractivity contribution in [1.82, 2.24) is 15.5 Å². The predicted octanol–water partition coefficient (Wildman–Crippen LogP) is 3.05. The average Bonchev–Trinajstić information content (AvgIpc) is 3.04. The van der Waals surface area contributed by atoms with Crippen LogP contribution >= 0.6 is 23.1 Å². The monoisotopic (exact) mass is 466 g/mol. The minimum atomic E-state index is -0.856. The number of nitrogens with zero attached hydrogens (tertiary/aromatic N) is 2. The van der Waals surface area contributed by atoms with E-state index in [1.165, 1.54) is 27.5 Å². The lowest BCUT2D eigenvalue weighted by Gasteiger charge is -2.15. The fourth-order valence-corrected chi connectivity index (χ4v) is 5.07. The van der Waals surface area contributed by atoms with Gasteiger partial charge >= 0.3 is 0 Å². The first-order valence-electron chi connectivity index (χ1n) is 9.85. The Morgan fingerprint density at radius 3 is 2.68 bits per heavy atom. The SMILES string of the molecule is Cc1cc(CSCCNC(=C[N+](=O)[O-])NCC(O)c2ccc(O)cc2)sc1CN(C)C. The number of nitrogens with one attached hydrogen (secondary N) is 2. The van der Waals surface area contributed by atoms with E-state index in [2.05, 4.69) is 42.6 Å². The molecule has 2 rings (SSSR count). The smallest absolute Gasteiger partial charge is 0.274 e. The van der Waals surface area contributed by atoms with E-state index in [1.54, 1.807) is 23.9 Å². The molecule has 0 aliphatic carbocycles. The first-order chi connectivity index (χ1) is 14.7. The van der Waals surface area contributed by atoms with Crippen LogP contribution in [0.15, 0.2) is 42.4 Å². The number of thiophene rings is 1. The molecule has 10 heteroatoms. The number of aliphatic hydroxyl groups is 1. The summed E-state index contributed by atoms with van der Waals surface area (Å²) in [4.78, 5) is 15.2. The lowest BCUT2D eigenvalue weighted by Crippen LogP contribution is -2.31. The molecule has 0 aliphatic heterocycles. The van der Waals surface area contributed by atoms with Gasteiger partial charge in [0, 0.05) is 40.9 Å². The van der Waals surface area contributed by atoms with E-state index in [-0.39, 0.29) is 18.1 Å². The largest absolute Gasteiger partial charge is 0.508 e. The molecule has 8 nitrogen and oxygen atoms in total. The Labute approximate surface area is 191 Å². The lowest BCUT2D eigenvalue weighted by atomic mass is 10.1. The maximum absolute atomic E-state index is 10.9. The zero-order chi connectivity index (χ0) is 22.8. The van der Waals surface area contributed by atoms with Crippen LogP contribution in [0.3, 0.4) is 0 Å². The molecule has 0 amide bonds. The Hall–Kier alpha value is -2.27. The molecule has 0 spiro atoms. The second-order valence-corrected chi connectivity index (χ2v) is 9.68. The van der Waals surface area contributed by atoms with Crippen molar-refractivity contribution in [3.05, 3.63) is 73.3 Å². The zero-order valence-corrected chi connectivity index (χ0v) is 19.6. The topological polar surface area (TPSA) is 111 Å². The summed E-state index contributed by atoms with van der Waals surface area (Å²) in [6.07, 6.45) is 0.00929. The van der Waals surface area contributed by atoms with Gasteiger partial charge in [0.2, 0.25) is 0 Å². The molecule has 0 fully saturated rings. The lowest BCUT2D eigenvalue weighted by molar-refractivity contribution is -0.404. The van der Waals surface area contributed by atoms with E-state index >= 15 is 0 Å². The fourth-order valence-electron chi connectivity index (χ4n) is 2.82. The standard InChI is InChI=1S/C21H30N4O4S2/c1-15-10-18(31-20(15)12-24(2)3)14-30-9-8-22-21(13-25(28)29)23-11-19(27)16-4-6-17(26)7-5-16/h4-7,10,13,19,22-23,26-27H,8-9,11-12,14H2,1-3H3. The Bertz CT molecular complexity index is 869. The molecular weight excluding hydrogens is 436 g/mol. The van der Waals surface area contributed by atoms with Crippen LogP contribution in [0.25, 0.3) is 0 Å². The summed E-state index contributed by atoms with van der Waals surface area (Å²) in [5.41, 5.74) is 1.93. The minimum Gasteiger partial charge on any atom is -0.508 e. The van der Waals surface area contributed by atoms with Crippen molar-refractivity contribution in [2.24, 2.45) is 0 Å². The van der Waals surface area contributed by atoms with Crippen molar-refractivity contribution in [2.75, 3.05) is 32.9 Å². The number of nitro groups is 1. The van der Waals surface area contributed by atoms with Gasteiger partial charge in [0.1, 0.15) is 5.75 Å². The van der Waals surface area contributed by atoms with Crippen LogP contribution in [0.1, 0.15) is 27.0 Å².